The zero-order chi connectivity index (χ0) is 27.9. The number of carbonyl (C=O) groups is 2. The normalized spacial score (nSPS) is 18.2. The molecule has 4 heterocycles. The molecule has 0 atom stereocenters. The lowest BCUT2D eigenvalue weighted by molar-refractivity contribution is -0.169. The van der Waals surface area contributed by atoms with Gasteiger partial charge in [-0.2, -0.15) is 0 Å². The van der Waals surface area contributed by atoms with E-state index in [1.165, 1.54) is 53.2 Å². The lowest BCUT2D eigenvalue weighted by Crippen LogP contribution is -2.51. The number of piperidine rings is 2. The molecular formula is C24H32BN6O8. The Morgan fingerprint density at radius 2 is 1.00 bits per heavy atom. The van der Waals surface area contributed by atoms with E-state index in [0.29, 0.717) is 75.3 Å². The zero-order valence-corrected chi connectivity index (χ0v) is 22.5. The summed E-state index contributed by atoms with van der Waals surface area (Å²) in [6, 6.07) is 0. The molecule has 2 fully saturated rings. The second kappa shape index (κ2) is 12.4. The van der Waals surface area contributed by atoms with Crippen molar-refractivity contribution in [2.45, 2.75) is 36.9 Å². The van der Waals surface area contributed by atoms with Crippen molar-refractivity contribution in [3.05, 3.63) is 24.8 Å². The van der Waals surface area contributed by atoms with Gasteiger partial charge in [-0.15, -0.1) is 0 Å². The molecule has 2 aromatic heterocycles. The Morgan fingerprint density at radius 3 is 1.28 bits per heavy atom. The highest BCUT2D eigenvalue weighted by Crippen LogP contribution is 2.30. The van der Waals surface area contributed by atoms with E-state index < -0.39 is 11.2 Å². The summed E-state index contributed by atoms with van der Waals surface area (Å²) in [5, 5.41) is 0. The van der Waals surface area contributed by atoms with Gasteiger partial charge < -0.3 is 38.1 Å². The maximum Gasteiger partial charge on any atom is 0.658 e. The van der Waals surface area contributed by atoms with Crippen molar-refractivity contribution in [1.82, 2.24) is 19.9 Å². The van der Waals surface area contributed by atoms with Gasteiger partial charge in [0.15, 0.2) is 11.2 Å². The van der Waals surface area contributed by atoms with Gasteiger partial charge in [0.25, 0.3) is 0 Å². The van der Waals surface area contributed by atoms with E-state index in [-0.39, 0.29) is 11.9 Å². The molecule has 4 rings (SSSR count). The average Bonchev–Trinajstić information content (AvgIpc) is 3.01. The molecule has 2 saturated heterocycles. The second-order valence-corrected chi connectivity index (χ2v) is 9.12. The summed E-state index contributed by atoms with van der Waals surface area (Å²) in [5.74, 6) is 1.07. The van der Waals surface area contributed by atoms with Crippen molar-refractivity contribution >= 4 is 31.5 Å². The van der Waals surface area contributed by atoms with Gasteiger partial charge in [-0.05, 0) is 0 Å². The minimum absolute atomic E-state index is 0.370. The van der Waals surface area contributed by atoms with Gasteiger partial charge in [-0.1, -0.05) is 0 Å². The van der Waals surface area contributed by atoms with Crippen LogP contribution in [0.4, 0.5) is 11.9 Å². The lowest BCUT2D eigenvalue weighted by Gasteiger charge is -2.38. The van der Waals surface area contributed by atoms with Gasteiger partial charge in [0, 0.05) is 66.1 Å². The predicted molar refractivity (Wildman–Crippen MR) is 137 cm³/mol. The third-order valence-electron chi connectivity index (χ3n) is 7.20. The molecule has 2 aliphatic rings. The summed E-state index contributed by atoms with van der Waals surface area (Å²) in [7, 11) is 6.89. The van der Waals surface area contributed by atoms with E-state index in [1.54, 1.807) is 0 Å². The van der Waals surface area contributed by atoms with Crippen LogP contribution in [0.2, 0.25) is 0 Å². The quantitative estimate of drug-likeness (QED) is 0.304. The lowest BCUT2D eigenvalue weighted by atomic mass is 9.91. The molecular weight excluding hydrogens is 511 g/mol. The smallest absolute Gasteiger partial charge is 0.524 e. The number of anilines is 2. The van der Waals surface area contributed by atoms with Crippen LogP contribution in [0.5, 0.6) is 11.5 Å². The monoisotopic (exact) mass is 543 g/mol. The molecule has 0 aliphatic carbocycles. The van der Waals surface area contributed by atoms with Crippen LogP contribution >= 0.6 is 0 Å². The Hall–Kier alpha value is -3.72. The van der Waals surface area contributed by atoms with E-state index in [1.807, 2.05) is 9.80 Å². The minimum atomic E-state index is -0.934. The molecule has 1 radical (unpaired) electrons. The fourth-order valence-electron chi connectivity index (χ4n) is 4.69. The summed E-state index contributed by atoms with van der Waals surface area (Å²) in [6.07, 6.45) is 8.02. The number of nitrogens with zero attached hydrogens (tertiary/aromatic N) is 6. The topological polar surface area (TPSA) is 148 Å². The van der Waals surface area contributed by atoms with Crippen LogP contribution in [0.1, 0.15) is 25.7 Å². The number of aromatic nitrogens is 4. The van der Waals surface area contributed by atoms with Crippen LogP contribution in [-0.4, -0.2) is 105 Å². The first-order valence-electron chi connectivity index (χ1n) is 12.4. The number of methoxy groups -OCH3 is 4. The molecule has 2 aromatic rings. The molecule has 0 spiro atoms. The number of carbonyl (C=O) groups excluding carboxylic acids is 2. The molecule has 15 heteroatoms. The van der Waals surface area contributed by atoms with E-state index in [4.69, 9.17) is 28.3 Å². The fraction of sp³-hybridized carbons (Fsp3) is 0.583. The summed E-state index contributed by atoms with van der Waals surface area (Å²) in [6.45, 7) is 2.18. The van der Waals surface area contributed by atoms with Gasteiger partial charge in [0.05, 0.1) is 39.0 Å². The van der Waals surface area contributed by atoms with Crippen molar-refractivity contribution < 1.29 is 37.8 Å². The largest absolute Gasteiger partial charge is 0.658 e. The predicted octanol–water partition coefficient (Wildman–Crippen LogP) is 0.575. The summed E-state index contributed by atoms with van der Waals surface area (Å²) in [4.78, 5) is 45.6. The average molecular weight is 543 g/mol. The third kappa shape index (κ3) is 6.14. The first kappa shape index (κ1) is 28.3. The number of esters is 2. The first-order chi connectivity index (χ1) is 18.9. The number of ether oxygens (including phenoxy) is 4. The molecule has 2 aliphatic heterocycles. The summed E-state index contributed by atoms with van der Waals surface area (Å²) in [5.41, 5.74) is -1.87. The van der Waals surface area contributed by atoms with Gasteiger partial charge in [-0.3, -0.25) is 0 Å². The highest BCUT2D eigenvalue weighted by atomic mass is 16.6. The molecule has 39 heavy (non-hydrogen) atoms. The van der Waals surface area contributed by atoms with Gasteiger partial charge in [-0.25, -0.2) is 29.5 Å². The van der Waals surface area contributed by atoms with Crippen molar-refractivity contribution in [2.75, 3.05) is 64.4 Å². The Balaban J connectivity index is 1.22. The molecule has 0 saturated carbocycles. The van der Waals surface area contributed by atoms with Crippen LogP contribution in [0.25, 0.3) is 0 Å². The molecule has 0 aromatic carbocycles. The van der Waals surface area contributed by atoms with E-state index in [2.05, 4.69) is 19.9 Å². The Kier molecular flexibility index (Phi) is 9.02. The van der Waals surface area contributed by atoms with Crippen LogP contribution < -0.4 is 19.1 Å². The van der Waals surface area contributed by atoms with Crippen molar-refractivity contribution in [1.29, 1.82) is 0 Å². The number of hydrogen-bond acceptors (Lipinski definition) is 14. The van der Waals surface area contributed by atoms with E-state index in [0.717, 1.165) is 7.69 Å². The number of rotatable bonds is 10. The molecule has 0 unspecified atom stereocenters. The van der Waals surface area contributed by atoms with Crippen LogP contribution in [0.15, 0.2) is 24.8 Å². The Labute approximate surface area is 227 Å². The molecule has 14 nitrogen and oxygen atoms in total. The van der Waals surface area contributed by atoms with Crippen LogP contribution in [0, 0.1) is 0 Å². The van der Waals surface area contributed by atoms with Crippen molar-refractivity contribution in [3.63, 3.8) is 0 Å². The van der Waals surface area contributed by atoms with Crippen molar-refractivity contribution in [3.8, 4) is 11.5 Å². The van der Waals surface area contributed by atoms with Gasteiger partial charge >= 0.3 is 19.6 Å². The first-order valence-corrected chi connectivity index (χ1v) is 12.4. The SMILES string of the molecule is COC(=O)C1(OC)CCN(c2ncc(O[B]Oc3cnc(N4CCC(OC)(C(=O)OC)CC4)nc3)cn2)CC1. The maximum atomic E-state index is 12.1. The van der Waals surface area contributed by atoms with E-state index >= 15 is 0 Å². The van der Waals surface area contributed by atoms with Gasteiger partial charge in [0.2, 0.25) is 11.9 Å². The standard InChI is InChI=1S/C24H32BN6O8/c1-34-19(32)23(36-3)5-9-30(10-6-23)21-26-13-17(14-27-21)38-25-39-18-15-28-22(29-16-18)31-11-7-24(37-4,8-12-31)20(33)35-2/h13-16H,5-12H2,1-4H3. The number of hydrogen-bond donors (Lipinski definition) is 0. The highest BCUT2D eigenvalue weighted by Gasteiger charge is 2.44. The fourth-order valence-corrected chi connectivity index (χ4v) is 4.69. The summed E-state index contributed by atoms with van der Waals surface area (Å²) < 4.78 is 31.6. The highest BCUT2D eigenvalue weighted by molar-refractivity contribution is 6.20. The Bertz CT molecular complexity index is 1020. The van der Waals surface area contributed by atoms with Gasteiger partial charge in [0.1, 0.15) is 11.5 Å². The maximum absolute atomic E-state index is 12.1. The molecule has 0 amide bonds. The third-order valence-corrected chi connectivity index (χ3v) is 7.20. The minimum Gasteiger partial charge on any atom is -0.524 e. The second-order valence-electron chi connectivity index (χ2n) is 9.12. The summed E-state index contributed by atoms with van der Waals surface area (Å²) >= 11 is 0. The van der Waals surface area contributed by atoms with Crippen molar-refractivity contribution in [2.24, 2.45) is 0 Å². The Morgan fingerprint density at radius 1 is 0.667 bits per heavy atom. The van der Waals surface area contributed by atoms with Crippen LogP contribution in [0.3, 0.4) is 0 Å². The molecule has 209 valence electrons. The zero-order valence-electron chi connectivity index (χ0n) is 22.5. The van der Waals surface area contributed by atoms with Crippen LogP contribution in [-0.2, 0) is 28.5 Å². The molecule has 0 N–H and O–H groups in total. The molecule has 0 bridgehead atoms. The van der Waals surface area contributed by atoms with E-state index in [9.17, 15) is 9.59 Å².